The number of carbonyl (C=O) groups excluding carboxylic acids is 2. The van der Waals surface area contributed by atoms with Gasteiger partial charge in [-0.05, 0) is 0 Å². The number of aliphatic hydroxyl groups excluding tert-OH is 1. The molecular formula is C7H10ClNO3S. The van der Waals surface area contributed by atoms with Crippen LogP contribution in [0.15, 0.2) is 0 Å². The van der Waals surface area contributed by atoms with Crippen LogP contribution < -0.4 is 0 Å². The summed E-state index contributed by atoms with van der Waals surface area (Å²) in [5, 5.41) is 8.87. The Morgan fingerprint density at radius 1 is 1.62 bits per heavy atom. The van der Waals surface area contributed by atoms with Gasteiger partial charge < -0.3 is 5.11 Å². The maximum Gasteiger partial charge on any atom is 0.288 e. The fourth-order valence-electron chi connectivity index (χ4n) is 0.976. The molecule has 0 aromatic heterocycles. The first kappa shape index (κ1) is 10.8. The topological polar surface area (TPSA) is 57.6 Å². The molecule has 0 spiro atoms. The maximum absolute atomic E-state index is 11.2. The van der Waals surface area contributed by atoms with E-state index >= 15 is 0 Å². The van der Waals surface area contributed by atoms with Crippen molar-refractivity contribution < 1.29 is 14.7 Å². The lowest BCUT2D eigenvalue weighted by atomic mass is 10.3. The Morgan fingerprint density at radius 2 is 2.31 bits per heavy atom. The molecule has 0 aromatic carbocycles. The molecule has 1 aliphatic rings. The molecule has 0 aliphatic carbocycles. The number of rotatable bonds is 3. The quantitative estimate of drug-likeness (QED) is 0.715. The van der Waals surface area contributed by atoms with E-state index in [1.165, 1.54) is 0 Å². The zero-order valence-electron chi connectivity index (χ0n) is 6.90. The number of alkyl halides is 1. The van der Waals surface area contributed by atoms with E-state index < -0.39 is 6.10 Å². The van der Waals surface area contributed by atoms with Gasteiger partial charge in [0.1, 0.15) is 0 Å². The van der Waals surface area contributed by atoms with Gasteiger partial charge in [0.05, 0.1) is 18.5 Å². The third kappa shape index (κ3) is 2.86. The van der Waals surface area contributed by atoms with Gasteiger partial charge >= 0.3 is 0 Å². The van der Waals surface area contributed by atoms with Gasteiger partial charge in [-0.25, -0.2) is 0 Å². The summed E-state index contributed by atoms with van der Waals surface area (Å²) in [5.74, 6) is 0.334. The van der Waals surface area contributed by atoms with E-state index in [4.69, 9.17) is 16.7 Å². The minimum atomic E-state index is -0.826. The second kappa shape index (κ2) is 4.83. The number of thioether (sulfide) groups is 1. The van der Waals surface area contributed by atoms with E-state index in [1.54, 1.807) is 0 Å². The molecule has 2 amide bonds. The third-order valence-electron chi connectivity index (χ3n) is 1.63. The van der Waals surface area contributed by atoms with Gasteiger partial charge in [0, 0.05) is 12.2 Å². The van der Waals surface area contributed by atoms with Gasteiger partial charge in [-0.2, -0.15) is 0 Å². The van der Waals surface area contributed by atoms with Crippen molar-refractivity contribution in [2.75, 3.05) is 18.2 Å². The Balaban J connectivity index is 2.54. The Morgan fingerprint density at radius 3 is 2.85 bits per heavy atom. The first-order valence-corrected chi connectivity index (χ1v) is 5.38. The molecule has 0 aromatic rings. The molecule has 1 aliphatic heterocycles. The highest BCUT2D eigenvalue weighted by Gasteiger charge is 2.27. The zero-order chi connectivity index (χ0) is 9.84. The van der Waals surface area contributed by atoms with Crippen LogP contribution in [0.5, 0.6) is 0 Å². The molecule has 1 N–H and O–H groups in total. The SMILES string of the molecule is O=C1CCSC(=O)N1CC(O)CCl. The van der Waals surface area contributed by atoms with Gasteiger partial charge in [-0.3, -0.25) is 14.5 Å². The van der Waals surface area contributed by atoms with Crippen molar-refractivity contribution in [3.05, 3.63) is 0 Å². The number of halogens is 1. The average Bonchev–Trinajstić information content (AvgIpc) is 2.11. The maximum atomic E-state index is 11.2. The number of nitrogens with zero attached hydrogens (tertiary/aromatic N) is 1. The van der Waals surface area contributed by atoms with E-state index in [9.17, 15) is 9.59 Å². The summed E-state index contributed by atoms with van der Waals surface area (Å²) in [6.07, 6.45) is -0.473. The number of amides is 2. The fourth-order valence-corrected chi connectivity index (χ4v) is 1.86. The lowest BCUT2D eigenvalue weighted by molar-refractivity contribution is -0.128. The molecule has 6 heteroatoms. The van der Waals surface area contributed by atoms with Crippen LogP contribution in [0.3, 0.4) is 0 Å². The standard InChI is InChI=1S/C7H10ClNO3S/c8-3-5(10)4-9-6(11)1-2-13-7(9)12/h5,10H,1-4H2. The predicted octanol–water partition coefficient (Wildman–Crippen LogP) is 0.672. The Labute approximate surface area is 85.2 Å². The third-order valence-corrected chi connectivity index (χ3v) is 2.87. The van der Waals surface area contributed by atoms with Crippen molar-refractivity contribution in [3.8, 4) is 0 Å². The van der Waals surface area contributed by atoms with E-state index in [0.29, 0.717) is 12.2 Å². The van der Waals surface area contributed by atoms with Crippen molar-refractivity contribution in [3.63, 3.8) is 0 Å². The van der Waals surface area contributed by atoms with Crippen molar-refractivity contribution in [2.24, 2.45) is 0 Å². The number of hydrogen-bond acceptors (Lipinski definition) is 4. The molecule has 0 saturated carbocycles. The Hall–Kier alpha value is -0.260. The largest absolute Gasteiger partial charge is 0.390 e. The molecule has 1 atom stereocenters. The van der Waals surface area contributed by atoms with Crippen LogP contribution in [-0.4, -0.2) is 45.4 Å². The van der Waals surface area contributed by atoms with Gasteiger partial charge in [0.15, 0.2) is 0 Å². The van der Waals surface area contributed by atoms with Crippen LogP contribution in [0.2, 0.25) is 0 Å². The zero-order valence-corrected chi connectivity index (χ0v) is 8.48. The van der Waals surface area contributed by atoms with Gasteiger partial charge in [0.2, 0.25) is 5.91 Å². The van der Waals surface area contributed by atoms with Crippen LogP contribution in [0.25, 0.3) is 0 Å². The van der Waals surface area contributed by atoms with E-state index in [2.05, 4.69) is 0 Å². The average molecular weight is 224 g/mol. The summed E-state index contributed by atoms with van der Waals surface area (Å²) in [6, 6.07) is 0. The van der Waals surface area contributed by atoms with Crippen molar-refractivity contribution in [2.45, 2.75) is 12.5 Å². The highest BCUT2D eigenvalue weighted by atomic mass is 35.5. The predicted molar refractivity (Wildman–Crippen MR) is 50.9 cm³/mol. The summed E-state index contributed by atoms with van der Waals surface area (Å²) in [7, 11) is 0. The van der Waals surface area contributed by atoms with Gasteiger partial charge in [-0.1, -0.05) is 11.8 Å². The minimum absolute atomic E-state index is 0.00810. The van der Waals surface area contributed by atoms with Gasteiger partial charge in [-0.15, -0.1) is 11.6 Å². The van der Waals surface area contributed by atoms with Crippen LogP contribution in [0.4, 0.5) is 4.79 Å². The molecule has 0 radical (unpaired) electrons. The summed E-state index contributed by atoms with van der Waals surface area (Å²) in [5.41, 5.74) is 0. The van der Waals surface area contributed by atoms with Crippen LogP contribution in [-0.2, 0) is 4.79 Å². The lowest BCUT2D eigenvalue weighted by Crippen LogP contribution is -2.43. The second-order valence-electron chi connectivity index (χ2n) is 2.68. The first-order chi connectivity index (χ1) is 6.15. The molecular weight excluding hydrogens is 214 g/mol. The van der Waals surface area contributed by atoms with E-state index in [1.807, 2.05) is 0 Å². The van der Waals surface area contributed by atoms with Crippen LogP contribution in [0, 0.1) is 0 Å². The number of aliphatic hydroxyl groups is 1. The molecule has 4 nitrogen and oxygen atoms in total. The second-order valence-corrected chi connectivity index (χ2v) is 4.03. The number of carbonyl (C=O) groups is 2. The Kier molecular flexibility index (Phi) is 4.02. The first-order valence-electron chi connectivity index (χ1n) is 3.86. The number of imide groups is 1. The molecule has 1 unspecified atom stereocenters. The number of hydrogen-bond donors (Lipinski definition) is 1. The summed E-state index contributed by atoms with van der Waals surface area (Å²) in [4.78, 5) is 23.4. The van der Waals surface area contributed by atoms with Crippen molar-refractivity contribution in [1.29, 1.82) is 0 Å². The molecule has 1 fully saturated rings. The fraction of sp³-hybridized carbons (Fsp3) is 0.714. The molecule has 13 heavy (non-hydrogen) atoms. The Bertz CT molecular complexity index is 208. The van der Waals surface area contributed by atoms with Crippen LogP contribution in [0.1, 0.15) is 6.42 Å². The summed E-state index contributed by atoms with van der Waals surface area (Å²) < 4.78 is 0. The smallest absolute Gasteiger partial charge is 0.288 e. The molecule has 0 bridgehead atoms. The number of β-amino-alcohol motifs (C(OH)–C–C–N with tert-alkyl or cyclic N) is 1. The highest BCUT2D eigenvalue weighted by Crippen LogP contribution is 2.18. The minimum Gasteiger partial charge on any atom is -0.390 e. The van der Waals surface area contributed by atoms with Crippen molar-refractivity contribution >= 4 is 34.5 Å². The normalized spacial score (nSPS) is 20.6. The monoisotopic (exact) mass is 223 g/mol. The molecule has 1 heterocycles. The van der Waals surface area contributed by atoms with E-state index in [-0.39, 0.29) is 23.6 Å². The van der Waals surface area contributed by atoms with Crippen LogP contribution >= 0.6 is 23.4 Å². The van der Waals surface area contributed by atoms with Crippen molar-refractivity contribution in [1.82, 2.24) is 4.90 Å². The molecule has 1 rings (SSSR count). The summed E-state index contributed by atoms with van der Waals surface area (Å²) in [6.45, 7) is 0.00810. The highest BCUT2D eigenvalue weighted by molar-refractivity contribution is 8.13. The molecule has 1 saturated heterocycles. The van der Waals surface area contributed by atoms with E-state index in [0.717, 1.165) is 16.7 Å². The van der Waals surface area contributed by atoms with Gasteiger partial charge in [0.25, 0.3) is 5.24 Å². The summed E-state index contributed by atoms with van der Waals surface area (Å²) >= 11 is 6.45. The lowest BCUT2D eigenvalue weighted by Gasteiger charge is -2.25. The molecule has 74 valence electrons.